The summed E-state index contributed by atoms with van der Waals surface area (Å²) in [4.78, 5) is 35.9. The molecule has 0 radical (unpaired) electrons. The number of rotatable bonds is 7. The Morgan fingerprint density at radius 3 is 2.56 bits per heavy atom. The summed E-state index contributed by atoms with van der Waals surface area (Å²) in [6.07, 6.45) is 0.589. The Morgan fingerprint density at radius 2 is 1.88 bits per heavy atom. The summed E-state index contributed by atoms with van der Waals surface area (Å²) in [5.41, 5.74) is -0.172. The molecule has 1 heterocycles. The van der Waals surface area contributed by atoms with E-state index < -0.39 is 30.0 Å². The van der Waals surface area contributed by atoms with E-state index in [2.05, 4.69) is 5.32 Å². The van der Waals surface area contributed by atoms with Crippen molar-refractivity contribution in [1.82, 2.24) is 5.32 Å². The molecule has 0 atom stereocenters. The number of carbonyl (C=O) groups excluding carboxylic acids is 3. The van der Waals surface area contributed by atoms with Crippen LogP contribution in [-0.2, 0) is 16.0 Å². The van der Waals surface area contributed by atoms with Crippen molar-refractivity contribution < 1.29 is 27.9 Å². The standard InChI is InChI=1S/C17H15F2NO4S/c1-10(21)20-7-6-12-3-5-16(25-12)15(22)9-24-17(23)11-2-4-13(18)14(19)8-11/h2-5,8H,6-7,9H2,1H3,(H,20,21). The summed E-state index contributed by atoms with van der Waals surface area (Å²) in [6.45, 7) is 1.39. The van der Waals surface area contributed by atoms with E-state index >= 15 is 0 Å². The second-order valence-electron chi connectivity index (χ2n) is 5.13. The van der Waals surface area contributed by atoms with Crippen LogP contribution in [-0.4, -0.2) is 30.8 Å². The fourth-order valence-electron chi connectivity index (χ4n) is 1.93. The highest BCUT2D eigenvalue weighted by Crippen LogP contribution is 2.18. The number of hydrogen-bond donors (Lipinski definition) is 1. The summed E-state index contributed by atoms with van der Waals surface area (Å²) in [6, 6.07) is 5.98. The number of halogens is 2. The number of ketones is 1. The van der Waals surface area contributed by atoms with Crippen LogP contribution < -0.4 is 5.32 Å². The van der Waals surface area contributed by atoms with Gasteiger partial charge < -0.3 is 10.1 Å². The van der Waals surface area contributed by atoms with Gasteiger partial charge in [-0.1, -0.05) is 0 Å². The zero-order valence-corrected chi connectivity index (χ0v) is 14.1. The van der Waals surface area contributed by atoms with E-state index in [0.717, 1.165) is 17.0 Å². The lowest BCUT2D eigenvalue weighted by Crippen LogP contribution is -2.22. The lowest BCUT2D eigenvalue weighted by molar-refractivity contribution is -0.118. The van der Waals surface area contributed by atoms with E-state index in [1.165, 1.54) is 18.3 Å². The lowest BCUT2D eigenvalue weighted by atomic mass is 10.2. The number of benzene rings is 1. The minimum absolute atomic E-state index is 0.128. The Labute approximate surface area is 146 Å². The molecule has 0 saturated carbocycles. The van der Waals surface area contributed by atoms with E-state index in [-0.39, 0.29) is 11.5 Å². The molecule has 1 N–H and O–H groups in total. The van der Waals surface area contributed by atoms with Gasteiger partial charge in [-0.05, 0) is 36.8 Å². The first kappa shape index (κ1) is 18.7. The first-order chi connectivity index (χ1) is 11.9. The largest absolute Gasteiger partial charge is 0.454 e. The molecule has 0 unspecified atom stereocenters. The summed E-state index contributed by atoms with van der Waals surface area (Å²) < 4.78 is 30.7. The van der Waals surface area contributed by atoms with E-state index in [9.17, 15) is 23.2 Å². The van der Waals surface area contributed by atoms with Gasteiger partial charge in [0.15, 0.2) is 18.2 Å². The number of carbonyl (C=O) groups is 3. The molecule has 2 aromatic rings. The Kier molecular flexibility index (Phi) is 6.35. The third-order valence-corrected chi connectivity index (χ3v) is 4.36. The number of thiophene rings is 1. The SMILES string of the molecule is CC(=O)NCCc1ccc(C(=O)COC(=O)c2ccc(F)c(F)c2)s1. The Hall–Kier alpha value is -2.61. The number of Topliss-reactive ketones (excluding diaryl/α,β-unsaturated/α-hetero) is 1. The molecule has 5 nitrogen and oxygen atoms in total. The second kappa shape index (κ2) is 8.48. The highest BCUT2D eigenvalue weighted by atomic mass is 32.1. The molecule has 0 fully saturated rings. The van der Waals surface area contributed by atoms with Gasteiger partial charge in [0.2, 0.25) is 11.7 Å². The average molecular weight is 367 g/mol. The van der Waals surface area contributed by atoms with Gasteiger partial charge in [0, 0.05) is 18.3 Å². The molecule has 8 heteroatoms. The van der Waals surface area contributed by atoms with Crippen LogP contribution in [0.5, 0.6) is 0 Å². The van der Waals surface area contributed by atoms with Gasteiger partial charge in [-0.25, -0.2) is 13.6 Å². The second-order valence-corrected chi connectivity index (χ2v) is 6.30. The molecule has 1 aromatic carbocycles. The zero-order chi connectivity index (χ0) is 18.4. The van der Waals surface area contributed by atoms with E-state index in [1.54, 1.807) is 12.1 Å². The van der Waals surface area contributed by atoms with Crippen molar-refractivity contribution >= 4 is 29.0 Å². The highest BCUT2D eigenvalue weighted by Gasteiger charge is 2.15. The molecule has 2 rings (SSSR count). The predicted molar refractivity (Wildman–Crippen MR) is 87.7 cm³/mol. The molecule has 0 bridgehead atoms. The first-order valence-electron chi connectivity index (χ1n) is 7.35. The van der Waals surface area contributed by atoms with Crippen molar-refractivity contribution in [2.75, 3.05) is 13.2 Å². The zero-order valence-electron chi connectivity index (χ0n) is 13.3. The highest BCUT2D eigenvalue weighted by molar-refractivity contribution is 7.14. The minimum Gasteiger partial charge on any atom is -0.454 e. The van der Waals surface area contributed by atoms with Crippen molar-refractivity contribution in [2.45, 2.75) is 13.3 Å². The quantitative estimate of drug-likeness (QED) is 0.603. The fraction of sp³-hybridized carbons (Fsp3) is 0.235. The summed E-state index contributed by atoms with van der Waals surface area (Å²) >= 11 is 1.24. The molecule has 132 valence electrons. The monoisotopic (exact) mass is 367 g/mol. The van der Waals surface area contributed by atoms with Gasteiger partial charge in [0.1, 0.15) is 0 Å². The van der Waals surface area contributed by atoms with Gasteiger partial charge in [-0.2, -0.15) is 0 Å². The summed E-state index contributed by atoms with van der Waals surface area (Å²) in [7, 11) is 0. The number of amides is 1. The third kappa shape index (κ3) is 5.46. The van der Waals surface area contributed by atoms with E-state index in [1.807, 2.05) is 0 Å². The van der Waals surface area contributed by atoms with Gasteiger partial charge >= 0.3 is 5.97 Å². The van der Waals surface area contributed by atoms with Gasteiger partial charge in [-0.3, -0.25) is 9.59 Å². The maximum Gasteiger partial charge on any atom is 0.338 e. The Balaban J connectivity index is 1.87. The van der Waals surface area contributed by atoms with Crippen molar-refractivity contribution in [1.29, 1.82) is 0 Å². The summed E-state index contributed by atoms with van der Waals surface area (Å²) in [5.74, 6) is -3.67. The predicted octanol–water partition coefficient (Wildman–Crippen LogP) is 2.74. The van der Waals surface area contributed by atoms with Crippen molar-refractivity contribution in [3.05, 3.63) is 57.3 Å². The van der Waals surface area contributed by atoms with Crippen molar-refractivity contribution in [3.63, 3.8) is 0 Å². The Bertz CT molecular complexity index is 804. The van der Waals surface area contributed by atoms with Gasteiger partial charge in [0.25, 0.3) is 0 Å². The van der Waals surface area contributed by atoms with Crippen LogP contribution in [0.25, 0.3) is 0 Å². The van der Waals surface area contributed by atoms with Gasteiger partial charge in [-0.15, -0.1) is 11.3 Å². The molecule has 0 aliphatic rings. The maximum absolute atomic E-state index is 13.1. The molecular formula is C17H15F2NO4S. The fourth-order valence-corrected chi connectivity index (χ4v) is 2.86. The first-order valence-corrected chi connectivity index (χ1v) is 8.17. The topological polar surface area (TPSA) is 72.5 Å². The molecule has 0 saturated heterocycles. The van der Waals surface area contributed by atoms with Crippen LogP contribution in [0, 0.1) is 11.6 Å². The number of nitrogens with one attached hydrogen (secondary N) is 1. The molecule has 0 aliphatic carbocycles. The van der Waals surface area contributed by atoms with Crippen LogP contribution in [0.2, 0.25) is 0 Å². The molecule has 1 aromatic heterocycles. The molecule has 0 spiro atoms. The number of ether oxygens (including phenoxy) is 1. The maximum atomic E-state index is 13.1. The van der Waals surface area contributed by atoms with E-state index in [4.69, 9.17) is 4.74 Å². The Morgan fingerprint density at radius 1 is 1.12 bits per heavy atom. The van der Waals surface area contributed by atoms with Crippen LogP contribution in [0.4, 0.5) is 8.78 Å². The molecule has 25 heavy (non-hydrogen) atoms. The third-order valence-electron chi connectivity index (χ3n) is 3.17. The van der Waals surface area contributed by atoms with Crippen molar-refractivity contribution in [3.8, 4) is 0 Å². The lowest BCUT2D eigenvalue weighted by Gasteiger charge is -2.04. The van der Waals surface area contributed by atoms with Crippen LogP contribution in [0.1, 0.15) is 31.8 Å². The van der Waals surface area contributed by atoms with Crippen LogP contribution in [0.15, 0.2) is 30.3 Å². The molecule has 0 aliphatic heterocycles. The molecular weight excluding hydrogens is 352 g/mol. The normalized spacial score (nSPS) is 10.4. The number of esters is 1. The smallest absolute Gasteiger partial charge is 0.338 e. The minimum atomic E-state index is -1.16. The summed E-state index contributed by atoms with van der Waals surface area (Å²) in [5, 5.41) is 2.66. The van der Waals surface area contributed by atoms with E-state index in [0.29, 0.717) is 23.9 Å². The van der Waals surface area contributed by atoms with Gasteiger partial charge in [0.05, 0.1) is 10.4 Å². The number of hydrogen-bond acceptors (Lipinski definition) is 5. The van der Waals surface area contributed by atoms with Crippen molar-refractivity contribution in [2.24, 2.45) is 0 Å². The molecule has 1 amide bonds. The van der Waals surface area contributed by atoms with Crippen LogP contribution in [0.3, 0.4) is 0 Å². The van der Waals surface area contributed by atoms with Crippen LogP contribution >= 0.6 is 11.3 Å². The average Bonchev–Trinajstić information content (AvgIpc) is 3.03.